The molecule has 1 aliphatic carbocycles. The number of thiophene rings is 1. The largest absolute Gasteiger partial charge is 0.379 e. The lowest BCUT2D eigenvalue weighted by atomic mass is 9.81. The molecule has 1 heterocycles. The van der Waals surface area contributed by atoms with E-state index in [-0.39, 0.29) is 12.1 Å². The Kier molecular flexibility index (Phi) is 6.31. The second-order valence-electron chi connectivity index (χ2n) is 5.54. The molecule has 108 valence electrons. The summed E-state index contributed by atoms with van der Waals surface area (Å²) < 4.78 is 5.77. The molecule has 4 heteroatoms. The molecule has 1 aliphatic rings. The highest BCUT2D eigenvalue weighted by Gasteiger charge is 2.29. The van der Waals surface area contributed by atoms with E-state index in [0.29, 0.717) is 5.92 Å². The van der Waals surface area contributed by atoms with Gasteiger partial charge in [0, 0.05) is 13.2 Å². The predicted octanol–water partition coefficient (Wildman–Crippen LogP) is 3.11. The molecule has 1 aromatic rings. The quantitative estimate of drug-likeness (QED) is 0.597. The van der Waals surface area contributed by atoms with Crippen molar-refractivity contribution in [3.05, 3.63) is 22.4 Å². The van der Waals surface area contributed by atoms with Crippen LogP contribution in [0.25, 0.3) is 0 Å². The van der Waals surface area contributed by atoms with Crippen LogP contribution in [0.15, 0.2) is 16.8 Å². The van der Waals surface area contributed by atoms with E-state index in [4.69, 9.17) is 10.6 Å². The number of ether oxygens (including phenoxy) is 1. The summed E-state index contributed by atoms with van der Waals surface area (Å²) in [5.41, 5.74) is 4.40. The lowest BCUT2D eigenvalue weighted by Gasteiger charge is -2.34. The van der Waals surface area contributed by atoms with Crippen LogP contribution in [-0.2, 0) is 11.2 Å². The van der Waals surface area contributed by atoms with Gasteiger partial charge in [-0.2, -0.15) is 11.3 Å². The molecule has 19 heavy (non-hydrogen) atoms. The van der Waals surface area contributed by atoms with E-state index in [1.54, 1.807) is 11.3 Å². The first kappa shape index (κ1) is 15.0. The van der Waals surface area contributed by atoms with E-state index in [0.717, 1.165) is 12.8 Å². The van der Waals surface area contributed by atoms with Gasteiger partial charge in [-0.3, -0.25) is 11.3 Å². The average Bonchev–Trinajstić information content (AvgIpc) is 2.97. The Morgan fingerprint density at radius 2 is 2.21 bits per heavy atom. The van der Waals surface area contributed by atoms with Gasteiger partial charge < -0.3 is 4.74 Å². The Morgan fingerprint density at radius 3 is 2.79 bits per heavy atom. The van der Waals surface area contributed by atoms with Gasteiger partial charge in [0.05, 0.1) is 6.10 Å². The third-order valence-corrected chi connectivity index (χ3v) is 5.05. The molecule has 3 N–H and O–H groups in total. The molecule has 0 bridgehead atoms. The smallest absolute Gasteiger partial charge is 0.0765 e. The van der Waals surface area contributed by atoms with Crippen LogP contribution >= 0.6 is 11.3 Å². The number of rotatable bonds is 7. The molecule has 0 radical (unpaired) electrons. The van der Waals surface area contributed by atoms with Crippen molar-refractivity contribution >= 4 is 11.3 Å². The zero-order valence-corrected chi connectivity index (χ0v) is 12.6. The van der Waals surface area contributed by atoms with Crippen molar-refractivity contribution in [2.45, 2.75) is 57.1 Å². The lowest BCUT2D eigenvalue weighted by molar-refractivity contribution is 0.00616. The SMILES string of the molecule is COC(C1CCCCC1)C(CCc1ccsc1)NN. The van der Waals surface area contributed by atoms with E-state index < -0.39 is 0 Å². The van der Waals surface area contributed by atoms with Gasteiger partial charge in [0.2, 0.25) is 0 Å². The summed E-state index contributed by atoms with van der Waals surface area (Å²) >= 11 is 1.76. The second kappa shape index (κ2) is 8.00. The van der Waals surface area contributed by atoms with Gasteiger partial charge in [-0.25, -0.2) is 0 Å². The van der Waals surface area contributed by atoms with E-state index in [1.807, 2.05) is 7.11 Å². The summed E-state index contributed by atoms with van der Waals surface area (Å²) in [5.74, 6) is 6.44. The van der Waals surface area contributed by atoms with Gasteiger partial charge in [-0.05, 0) is 54.0 Å². The second-order valence-corrected chi connectivity index (χ2v) is 6.32. The Morgan fingerprint density at radius 1 is 1.42 bits per heavy atom. The molecule has 1 saturated carbocycles. The summed E-state index contributed by atoms with van der Waals surface area (Å²) in [6.45, 7) is 0. The van der Waals surface area contributed by atoms with Gasteiger partial charge in [0.25, 0.3) is 0 Å². The topological polar surface area (TPSA) is 47.3 Å². The minimum absolute atomic E-state index is 0.254. The van der Waals surface area contributed by atoms with Crippen molar-refractivity contribution in [2.75, 3.05) is 7.11 Å². The van der Waals surface area contributed by atoms with Crippen LogP contribution in [0.5, 0.6) is 0 Å². The van der Waals surface area contributed by atoms with Crippen molar-refractivity contribution in [3.8, 4) is 0 Å². The Balaban J connectivity index is 1.89. The Labute approximate surface area is 120 Å². The monoisotopic (exact) mass is 282 g/mol. The maximum Gasteiger partial charge on any atom is 0.0765 e. The normalized spacial score (nSPS) is 20.3. The maximum absolute atomic E-state index is 5.77. The predicted molar refractivity (Wildman–Crippen MR) is 81.1 cm³/mol. The molecule has 1 fully saturated rings. The van der Waals surface area contributed by atoms with E-state index >= 15 is 0 Å². The number of nitrogens with two attached hydrogens (primary N) is 1. The van der Waals surface area contributed by atoms with Gasteiger partial charge >= 0.3 is 0 Å². The minimum atomic E-state index is 0.254. The minimum Gasteiger partial charge on any atom is -0.379 e. The van der Waals surface area contributed by atoms with Crippen LogP contribution in [0.2, 0.25) is 0 Å². The fourth-order valence-corrected chi connectivity index (χ4v) is 3.95. The van der Waals surface area contributed by atoms with Gasteiger partial charge in [-0.1, -0.05) is 19.3 Å². The zero-order chi connectivity index (χ0) is 13.5. The summed E-state index contributed by atoms with van der Waals surface area (Å²) in [6.07, 6.45) is 9.00. The highest BCUT2D eigenvalue weighted by molar-refractivity contribution is 7.07. The highest BCUT2D eigenvalue weighted by Crippen LogP contribution is 2.30. The number of methoxy groups -OCH3 is 1. The van der Waals surface area contributed by atoms with Crippen molar-refractivity contribution in [3.63, 3.8) is 0 Å². The molecular formula is C15H26N2OS. The molecule has 1 aromatic heterocycles. The highest BCUT2D eigenvalue weighted by atomic mass is 32.1. The fraction of sp³-hybridized carbons (Fsp3) is 0.733. The van der Waals surface area contributed by atoms with Gasteiger partial charge in [0.15, 0.2) is 0 Å². The summed E-state index contributed by atoms with van der Waals surface area (Å²) in [7, 11) is 1.83. The first-order chi connectivity index (χ1) is 9.35. The third kappa shape index (κ3) is 4.28. The maximum atomic E-state index is 5.77. The van der Waals surface area contributed by atoms with Crippen LogP contribution in [0.1, 0.15) is 44.1 Å². The molecule has 2 atom stereocenters. The Bertz CT molecular complexity index is 336. The van der Waals surface area contributed by atoms with Crippen LogP contribution in [-0.4, -0.2) is 19.3 Å². The van der Waals surface area contributed by atoms with Crippen LogP contribution < -0.4 is 11.3 Å². The van der Waals surface area contributed by atoms with Crippen LogP contribution in [0, 0.1) is 5.92 Å². The first-order valence-corrected chi connectivity index (χ1v) is 8.29. The zero-order valence-electron chi connectivity index (χ0n) is 11.8. The summed E-state index contributed by atoms with van der Waals surface area (Å²) in [4.78, 5) is 0. The number of hydrogen-bond donors (Lipinski definition) is 2. The summed E-state index contributed by atoms with van der Waals surface area (Å²) in [6, 6.07) is 2.45. The van der Waals surface area contributed by atoms with E-state index in [9.17, 15) is 0 Å². The van der Waals surface area contributed by atoms with Crippen molar-refractivity contribution < 1.29 is 4.74 Å². The van der Waals surface area contributed by atoms with Crippen molar-refractivity contribution in [1.29, 1.82) is 0 Å². The van der Waals surface area contributed by atoms with E-state index in [1.165, 1.54) is 37.7 Å². The fourth-order valence-electron chi connectivity index (χ4n) is 3.25. The molecule has 0 amide bonds. The third-order valence-electron chi connectivity index (χ3n) is 4.32. The lowest BCUT2D eigenvalue weighted by Crippen LogP contribution is -2.48. The molecule has 2 unspecified atom stereocenters. The average molecular weight is 282 g/mol. The molecule has 0 aliphatic heterocycles. The van der Waals surface area contributed by atoms with E-state index in [2.05, 4.69) is 22.3 Å². The number of hydrazine groups is 1. The van der Waals surface area contributed by atoms with Crippen molar-refractivity contribution in [1.82, 2.24) is 5.43 Å². The van der Waals surface area contributed by atoms with Gasteiger partial charge in [0.1, 0.15) is 0 Å². The molecule has 3 nitrogen and oxygen atoms in total. The number of nitrogens with one attached hydrogen (secondary N) is 1. The molecular weight excluding hydrogens is 256 g/mol. The standard InChI is InChI=1S/C15H26N2OS/c1-18-15(13-5-3-2-4-6-13)14(17-16)8-7-12-9-10-19-11-12/h9-11,13-15,17H,2-8,16H2,1H3. The molecule has 0 saturated heterocycles. The number of hydrogen-bond acceptors (Lipinski definition) is 4. The molecule has 2 rings (SSSR count). The number of aryl methyl sites for hydroxylation is 1. The molecule has 0 aromatic carbocycles. The van der Waals surface area contributed by atoms with Gasteiger partial charge in [-0.15, -0.1) is 0 Å². The molecule has 0 spiro atoms. The van der Waals surface area contributed by atoms with Crippen LogP contribution in [0.3, 0.4) is 0 Å². The Hall–Kier alpha value is -0.420. The summed E-state index contributed by atoms with van der Waals surface area (Å²) in [5, 5.41) is 4.35. The van der Waals surface area contributed by atoms with Crippen molar-refractivity contribution in [2.24, 2.45) is 11.8 Å². The first-order valence-electron chi connectivity index (χ1n) is 7.35. The van der Waals surface area contributed by atoms with Crippen LogP contribution in [0.4, 0.5) is 0 Å².